The SMILES string of the molecule is CN1CCN(C2=Nc3cc(O)ccc3Oc3ccc(Cl)cc32)CC1. The van der Waals surface area contributed by atoms with E-state index in [-0.39, 0.29) is 5.75 Å². The first-order chi connectivity index (χ1) is 11.6. The van der Waals surface area contributed by atoms with Gasteiger partial charge in [0.1, 0.15) is 23.0 Å². The lowest BCUT2D eigenvalue weighted by molar-refractivity contribution is 0.215. The van der Waals surface area contributed by atoms with Gasteiger partial charge in [-0.3, -0.25) is 0 Å². The lowest BCUT2D eigenvalue weighted by atomic mass is 10.1. The Hall–Kier alpha value is -2.24. The number of nitrogens with zero attached hydrogens (tertiary/aromatic N) is 3. The highest BCUT2D eigenvalue weighted by Crippen LogP contribution is 2.40. The van der Waals surface area contributed by atoms with E-state index in [2.05, 4.69) is 16.8 Å². The summed E-state index contributed by atoms with van der Waals surface area (Å²) >= 11 is 6.22. The summed E-state index contributed by atoms with van der Waals surface area (Å²) in [6, 6.07) is 10.5. The first kappa shape index (κ1) is 15.3. The highest BCUT2D eigenvalue weighted by Gasteiger charge is 2.25. The van der Waals surface area contributed by atoms with Gasteiger partial charge in [-0.2, -0.15) is 0 Å². The zero-order chi connectivity index (χ0) is 16.7. The van der Waals surface area contributed by atoms with E-state index in [1.807, 2.05) is 18.2 Å². The number of phenolic OH excluding ortho intramolecular Hbond substituents is 1. The monoisotopic (exact) mass is 343 g/mol. The first-order valence-electron chi connectivity index (χ1n) is 7.93. The minimum atomic E-state index is 0.169. The molecule has 0 radical (unpaired) electrons. The molecule has 0 aromatic heterocycles. The quantitative estimate of drug-likeness (QED) is 0.795. The van der Waals surface area contributed by atoms with Gasteiger partial charge in [0.2, 0.25) is 0 Å². The van der Waals surface area contributed by atoms with Crippen molar-refractivity contribution in [2.75, 3.05) is 33.2 Å². The second kappa shape index (κ2) is 6.00. The number of benzene rings is 2. The summed E-state index contributed by atoms with van der Waals surface area (Å²) in [5.74, 6) is 2.36. The Morgan fingerprint density at radius 3 is 2.58 bits per heavy atom. The van der Waals surface area contributed by atoms with Crippen LogP contribution in [0.1, 0.15) is 5.56 Å². The maximum Gasteiger partial charge on any atom is 0.153 e. The maximum absolute atomic E-state index is 9.81. The summed E-state index contributed by atoms with van der Waals surface area (Å²) in [5, 5.41) is 10.5. The summed E-state index contributed by atoms with van der Waals surface area (Å²) in [5.41, 5.74) is 1.50. The molecule has 0 saturated carbocycles. The van der Waals surface area contributed by atoms with Crippen LogP contribution in [0.3, 0.4) is 0 Å². The zero-order valence-electron chi connectivity index (χ0n) is 13.4. The molecule has 2 aromatic rings. The van der Waals surface area contributed by atoms with Crippen LogP contribution in [0, 0.1) is 0 Å². The molecule has 1 fully saturated rings. The Kier molecular flexibility index (Phi) is 3.82. The van der Waals surface area contributed by atoms with Crippen molar-refractivity contribution in [1.29, 1.82) is 0 Å². The first-order valence-corrected chi connectivity index (χ1v) is 8.31. The number of hydrogen-bond donors (Lipinski definition) is 1. The number of likely N-dealkylation sites (N-methyl/N-ethyl adjacent to an activating group) is 1. The minimum Gasteiger partial charge on any atom is -0.508 e. The van der Waals surface area contributed by atoms with Crippen LogP contribution in [0.15, 0.2) is 41.4 Å². The maximum atomic E-state index is 9.81. The van der Waals surface area contributed by atoms with Gasteiger partial charge in [-0.25, -0.2) is 4.99 Å². The Balaban J connectivity index is 1.85. The normalized spacial score (nSPS) is 17.4. The van der Waals surface area contributed by atoms with E-state index < -0.39 is 0 Å². The number of halogens is 1. The van der Waals surface area contributed by atoms with Crippen molar-refractivity contribution in [3.8, 4) is 17.2 Å². The van der Waals surface area contributed by atoms with Crippen molar-refractivity contribution in [3.63, 3.8) is 0 Å². The van der Waals surface area contributed by atoms with Gasteiger partial charge in [-0.05, 0) is 37.4 Å². The third-order valence-corrected chi connectivity index (χ3v) is 4.61. The summed E-state index contributed by atoms with van der Waals surface area (Å²) in [6.45, 7) is 3.72. The van der Waals surface area contributed by atoms with Crippen molar-refractivity contribution in [1.82, 2.24) is 9.80 Å². The average Bonchev–Trinajstić information content (AvgIpc) is 2.72. The van der Waals surface area contributed by atoms with Crippen molar-refractivity contribution >= 4 is 23.1 Å². The number of aliphatic imine (C=N–C) groups is 1. The van der Waals surface area contributed by atoms with Crippen LogP contribution in [0.2, 0.25) is 5.02 Å². The van der Waals surface area contributed by atoms with Crippen LogP contribution < -0.4 is 4.74 Å². The van der Waals surface area contributed by atoms with Crippen LogP contribution in [-0.2, 0) is 0 Å². The van der Waals surface area contributed by atoms with Crippen LogP contribution >= 0.6 is 11.6 Å². The van der Waals surface area contributed by atoms with Crippen LogP contribution in [0.5, 0.6) is 17.2 Å². The van der Waals surface area contributed by atoms with Crippen LogP contribution in [-0.4, -0.2) is 54.0 Å². The molecule has 0 unspecified atom stereocenters. The largest absolute Gasteiger partial charge is 0.508 e. The molecule has 124 valence electrons. The van der Waals surface area contributed by atoms with Gasteiger partial charge in [0.15, 0.2) is 5.75 Å². The Labute approximate surface area is 145 Å². The second-order valence-corrected chi connectivity index (χ2v) is 6.56. The van der Waals surface area contributed by atoms with Crippen LogP contribution in [0.4, 0.5) is 5.69 Å². The van der Waals surface area contributed by atoms with Gasteiger partial charge in [0.05, 0.1) is 5.56 Å². The van der Waals surface area contributed by atoms with Crippen molar-refractivity contribution in [3.05, 3.63) is 47.0 Å². The molecule has 2 aromatic carbocycles. The summed E-state index contributed by atoms with van der Waals surface area (Å²) in [4.78, 5) is 9.35. The summed E-state index contributed by atoms with van der Waals surface area (Å²) in [6.07, 6.45) is 0. The molecule has 24 heavy (non-hydrogen) atoms. The molecule has 2 aliphatic rings. The Morgan fingerprint density at radius 1 is 1.04 bits per heavy atom. The summed E-state index contributed by atoms with van der Waals surface area (Å²) < 4.78 is 6.03. The van der Waals surface area contributed by atoms with Gasteiger partial charge in [-0.15, -0.1) is 0 Å². The Bertz CT molecular complexity index is 814. The smallest absolute Gasteiger partial charge is 0.153 e. The predicted molar refractivity (Wildman–Crippen MR) is 94.9 cm³/mol. The zero-order valence-corrected chi connectivity index (χ0v) is 14.1. The fraction of sp³-hybridized carbons (Fsp3) is 0.278. The van der Waals surface area contributed by atoms with E-state index in [1.54, 1.807) is 18.2 Å². The van der Waals surface area contributed by atoms with E-state index in [0.29, 0.717) is 16.5 Å². The van der Waals surface area contributed by atoms with Gasteiger partial charge < -0.3 is 19.6 Å². The third-order valence-electron chi connectivity index (χ3n) is 4.37. The molecule has 0 aliphatic carbocycles. The molecule has 0 spiro atoms. The number of hydrogen-bond acceptors (Lipinski definition) is 5. The molecular weight excluding hydrogens is 326 g/mol. The molecule has 6 heteroatoms. The molecule has 1 N–H and O–H groups in total. The van der Waals surface area contributed by atoms with Crippen molar-refractivity contribution in [2.24, 2.45) is 4.99 Å². The Morgan fingerprint density at radius 2 is 1.79 bits per heavy atom. The molecule has 5 nitrogen and oxygen atoms in total. The van der Waals surface area contributed by atoms with E-state index in [0.717, 1.165) is 43.3 Å². The fourth-order valence-electron chi connectivity index (χ4n) is 3.00. The second-order valence-electron chi connectivity index (χ2n) is 6.12. The lowest BCUT2D eigenvalue weighted by Gasteiger charge is -2.34. The number of piperazine rings is 1. The molecule has 4 rings (SSSR count). The predicted octanol–water partition coefficient (Wildman–Crippen LogP) is 3.48. The molecular formula is C18H18ClN3O2. The van der Waals surface area contributed by atoms with Gasteiger partial charge >= 0.3 is 0 Å². The van der Waals surface area contributed by atoms with Gasteiger partial charge in [-0.1, -0.05) is 11.6 Å². The molecule has 0 bridgehead atoms. The number of phenols is 1. The van der Waals surface area contributed by atoms with E-state index in [1.165, 1.54) is 0 Å². The van der Waals surface area contributed by atoms with Crippen LogP contribution in [0.25, 0.3) is 0 Å². The summed E-state index contributed by atoms with van der Waals surface area (Å²) in [7, 11) is 2.12. The van der Waals surface area contributed by atoms with E-state index in [9.17, 15) is 5.11 Å². The number of aromatic hydroxyl groups is 1. The van der Waals surface area contributed by atoms with Gasteiger partial charge in [0.25, 0.3) is 0 Å². The average molecular weight is 344 g/mol. The third kappa shape index (κ3) is 2.81. The minimum absolute atomic E-state index is 0.169. The van der Waals surface area contributed by atoms with Gasteiger partial charge in [0, 0.05) is 37.3 Å². The lowest BCUT2D eigenvalue weighted by Crippen LogP contribution is -2.47. The highest BCUT2D eigenvalue weighted by molar-refractivity contribution is 6.31. The molecule has 0 amide bonds. The van der Waals surface area contributed by atoms with E-state index >= 15 is 0 Å². The highest BCUT2D eigenvalue weighted by atomic mass is 35.5. The number of amidine groups is 1. The molecule has 2 heterocycles. The molecule has 0 atom stereocenters. The number of rotatable bonds is 0. The number of fused-ring (bicyclic) bond motifs is 2. The fourth-order valence-corrected chi connectivity index (χ4v) is 3.17. The molecule has 1 saturated heterocycles. The standard InChI is InChI=1S/C18H18ClN3O2/c1-21-6-8-22(9-7-21)18-14-10-12(19)2-4-16(14)24-17-5-3-13(23)11-15(17)20-18/h2-5,10-11,23H,6-9H2,1H3. The topological polar surface area (TPSA) is 48.3 Å². The van der Waals surface area contributed by atoms with Crippen molar-refractivity contribution in [2.45, 2.75) is 0 Å². The van der Waals surface area contributed by atoms with E-state index in [4.69, 9.17) is 21.3 Å². The molecule has 2 aliphatic heterocycles. The van der Waals surface area contributed by atoms with Crippen molar-refractivity contribution < 1.29 is 9.84 Å². The number of ether oxygens (including phenoxy) is 1.